The van der Waals surface area contributed by atoms with E-state index in [1.807, 2.05) is 6.07 Å². The molecule has 68 valence electrons. The number of ether oxygens (including phenoxy) is 1. The number of nitriles is 1. The number of halogens is 1. The van der Waals surface area contributed by atoms with Gasteiger partial charge in [-0.2, -0.15) is 5.26 Å². The minimum absolute atomic E-state index is 0.317. The summed E-state index contributed by atoms with van der Waals surface area (Å²) in [5.41, 5.74) is -0.877. The number of hydrogen-bond donors (Lipinski definition) is 0. The van der Waals surface area contributed by atoms with Crippen LogP contribution in [0, 0.1) is 17.1 Å². The van der Waals surface area contributed by atoms with E-state index in [2.05, 4.69) is 0 Å². The highest BCUT2D eigenvalue weighted by Crippen LogP contribution is 2.17. The first kappa shape index (κ1) is 9.53. The molecule has 0 amide bonds. The highest BCUT2D eigenvalue weighted by molar-refractivity contribution is 5.24. The van der Waals surface area contributed by atoms with Crippen LogP contribution in [-0.2, 0) is 0 Å². The molecule has 3 heteroatoms. The van der Waals surface area contributed by atoms with Crippen molar-refractivity contribution in [1.29, 1.82) is 5.26 Å². The Hall–Kier alpha value is -1.56. The second-order valence-electron chi connectivity index (χ2n) is 3.18. The smallest absolute Gasteiger partial charge is 0.188 e. The summed E-state index contributed by atoms with van der Waals surface area (Å²) in [5.74, 6) is 0.176. The molecule has 2 nitrogen and oxygen atoms in total. The molecule has 0 saturated heterocycles. The van der Waals surface area contributed by atoms with Crippen LogP contribution in [0.3, 0.4) is 0 Å². The summed E-state index contributed by atoms with van der Waals surface area (Å²) >= 11 is 0. The predicted octanol–water partition coefficient (Wildman–Crippen LogP) is 2.51. The van der Waals surface area contributed by atoms with Gasteiger partial charge in [-0.3, -0.25) is 0 Å². The van der Waals surface area contributed by atoms with Crippen molar-refractivity contribution < 1.29 is 9.13 Å². The van der Waals surface area contributed by atoms with Crippen molar-refractivity contribution in [2.45, 2.75) is 19.4 Å². The number of rotatable bonds is 2. The van der Waals surface area contributed by atoms with Crippen molar-refractivity contribution in [2.24, 2.45) is 0 Å². The molecule has 0 heterocycles. The molecule has 0 N–H and O–H groups in total. The summed E-state index contributed by atoms with van der Waals surface area (Å²) in [6.45, 7) is 3.30. The van der Waals surface area contributed by atoms with Crippen LogP contribution in [0.4, 0.5) is 4.39 Å². The third kappa shape index (κ3) is 2.75. The van der Waals surface area contributed by atoms with E-state index in [0.717, 1.165) is 0 Å². The van der Waals surface area contributed by atoms with Crippen LogP contribution in [0.5, 0.6) is 5.75 Å². The van der Waals surface area contributed by atoms with Crippen molar-refractivity contribution in [3.05, 3.63) is 30.1 Å². The van der Waals surface area contributed by atoms with E-state index in [-0.39, 0.29) is 5.82 Å². The Morgan fingerprint density at radius 2 is 1.85 bits per heavy atom. The number of hydrogen-bond acceptors (Lipinski definition) is 2. The largest absolute Gasteiger partial charge is 0.473 e. The van der Waals surface area contributed by atoms with Gasteiger partial charge in [0.1, 0.15) is 17.6 Å². The van der Waals surface area contributed by atoms with Crippen LogP contribution >= 0.6 is 0 Å². The maximum absolute atomic E-state index is 12.5. The Morgan fingerprint density at radius 3 is 2.31 bits per heavy atom. The molecule has 0 unspecified atom stereocenters. The van der Waals surface area contributed by atoms with Gasteiger partial charge in [-0.1, -0.05) is 0 Å². The van der Waals surface area contributed by atoms with Crippen molar-refractivity contribution in [2.75, 3.05) is 0 Å². The van der Waals surface area contributed by atoms with Crippen molar-refractivity contribution in [3.8, 4) is 11.8 Å². The Morgan fingerprint density at radius 1 is 1.31 bits per heavy atom. The zero-order valence-electron chi connectivity index (χ0n) is 7.54. The van der Waals surface area contributed by atoms with Crippen LogP contribution in [-0.4, -0.2) is 5.60 Å². The van der Waals surface area contributed by atoms with Gasteiger partial charge in [0.25, 0.3) is 0 Å². The van der Waals surface area contributed by atoms with E-state index in [1.165, 1.54) is 24.3 Å². The molecule has 13 heavy (non-hydrogen) atoms. The van der Waals surface area contributed by atoms with Crippen LogP contribution in [0.25, 0.3) is 0 Å². The molecular formula is C10H10FNO. The van der Waals surface area contributed by atoms with Crippen molar-refractivity contribution >= 4 is 0 Å². The van der Waals surface area contributed by atoms with Gasteiger partial charge in [0, 0.05) is 0 Å². The molecule has 1 aromatic rings. The molecule has 1 rings (SSSR count). The predicted molar refractivity (Wildman–Crippen MR) is 46.7 cm³/mol. The third-order valence-electron chi connectivity index (χ3n) is 1.46. The second-order valence-corrected chi connectivity index (χ2v) is 3.18. The molecule has 0 bridgehead atoms. The fourth-order valence-corrected chi connectivity index (χ4v) is 0.820. The van der Waals surface area contributed by atoms with Gasteiger partial charge in [-0.25, -0.2) is 4.39 Å². The lowest BCUT2D eigenvalue weighted by Crippen LogP contribution is -2.25. The summed E-state index contributed by atoms with van der Waals surface area (Å²) in [4.78, 5) is 0. The topological polar surface area (TPSA) is 33.0 Å². The average molecular weight is 179 g/mol. The van der Waals surface area contributed by atoms with Gasteiger partial charge in [0.05, 0.1) is 0 Å². The maximum atomic E-state index is 12.5. The average Bonchev–Trinajstić information content (AvgIpc) is 2.09. The fraction of sp³-hybridized carbons (Fsp3) is 0.300. The van der Waals surface area contributed by atoms with Crippen LogP contribution < -0.4 is 4.74 Å². The van der Waals surface area contributed by atoms with Gasteiger partial charge in [0.15, 0.2) is 5.60 Å². The van der Waals surface area contributed by atoms with Gasteiger partial charge in [-0.15, -0.1) is 0 Å². The number of nitrogens with zero attached hydrogens (tertiary/aromatic N) is 1. The first-order valence-electron chi connectivity index (χ1n) is 3.89. The molecule has 0 saturated carbocycles. The Balaban J connectivity index is 2.77. The van der Waals surface area contributed by atoms with E-state index >= 15 is 0 Å². The minimum Gasteiger partial charge on any atom is -0.473 e. The lowest BCUT2D eigenvalue weighted by molar-refractivity contribution is 0.170. The normalized spacial score (nSPS) is 10.6. The quantitative estimate of drug-likeness (QED) is 0.698. The summed E-state index contributed by atoms with van der Waals surface area (Å²) in [6.07, 6.45) is 0. The summed E-state index contributed by atoms with van der Waals surface area (Å²) in [5, 5.41) is 8.66. The van der Waals surface area contributed by atoms with Crippen LogP contribution in [0.1, 0.15) is 13.8 Å². The lowest BCUT2D eigenvalue weighted by atomic mass is 10.2. The van der Waals surface area contributed by atoms with Gasteiger partial charge >= 0.3 is 0 Å². The molecular weight excluding hydrogens is 169 g/mol. The van der Waals surface area contributed by atoms with Gasteiger partial charge in [-0.05, 0) is 38.1 Å². The Labute approximate surface area is 76.6 Å². The first-order chi connectivity index (χ1) is 6.03. The standard InChI is InChI=1S/C10H10FNO/c1-10(2,7-12)13-9-5-3-8(11)4-6-9/h3-6H,1-2H3. The lowest BCUT2D eigenvalue weighted by Gasteiger charge is -2.17. The Bertz CT molecular complexity index is 324. The highest BCUT2D eigenvalue weighted by atomic mass is 19.1. The molecule has 0 spiro atoms. The van der Waals surface area contributed by atoms with Crippen LogP contribution in [0.15, 0.2) is 24.3 Å². The summed E-state index contributed by atoms with van der Waals surface area (Å²) in [6, 6.07) is 7.57. The van der Waals surface area contributed by atoms with E-state index < -0.39 is 5.60 Å². The molecule has 0 aliphatic rings. The maximum Gasteiger partial charge on any atom is 0.188 e. The zero-order chi connectivity index (χ0) is 9.90. The Kier molecular flexibility index (Phi) is 2.52. The van der Waals surface area contributed by atoms with E-state index in [4.69, 9.17) is 10.00 Å². The molecule has 1 aromatic carbocycles. The van der Waals surface area contributed by atoms with E-state index in [9.17, 15) is 4.39 Å². The van der Waals surface area contributed by atoms with Crippen molar-refractivity contribution in [1.82, 2.24) is 0 Å². The summed E-state index contributed by atoms with van der Waals surface area (Å²) in [7, 11) is 0. The summed E-state index contributed by atoms with van der Waals surface area (Å²) < 4.78 is 17.8. The van der Waals surface area contributed by atoms with E-state index in [0.29, 0.717) is 5.75 Å². The van der Waals surface area contributed by atoms with E-state index in [1.54, 1.807) is 13.8 Å². The van der Waals surface area contributed by atoms with Gasteiger partial charge < -0.3 is 4.74 Å². The zero-order valence-corrected chi connectivity index (χ0v) is 7.54. The highest BCUT2D eigenvalue weighted by Gasteiger charge is 2.17. The monoisotopic (exact) mass is 179 g/mol. The molecule has 0 aliphatic heterocycles. The molecule has 0 radical (unpaired) electrons. The SMILES string of the molecule is CC(C)(C#N)Oc1ccc(F)cc1. The fourth-order valence-electron chi connectivity index (χ4n) is 0.820. The molecule has 0 aliphatic carbocycles. The molecule has 0 atom stereocenters. The van der Waals surface area contributed by atoms with Crippen LogP contribution in [0.2, 0.25) is 0 Å². The third-order valence-corrected chi connectivity index (χ3v) is 1.46. The minimum atomic E-state index is -0.877. The van der Waals surface area contributed by atoms with Gasteiger partial charge in [0.2, 0.25) is 0 Å². The number of benzene rings is 1. The molecule has 0 fully saturated rings. The molecule has 0 aromatic heterocycles. The second kappa shape index (κ2) is 3.44. The van der Waals surface area contributed by atoms with Crippen molar-refractivity contribution in [3.63, 3.8) is 0 Å². The first-order valence-corrected chi connectivity index (χ1v) is 3.89.